The van der Waals surface area contributed by atoms with Gasteiger partial charge >= 0.3 is 0 Å². The molecule has 6 nitrogen and oxygen atoms in total. The molecule has 0 saturated carbocycles. The zero-order valence-corrected chi connectivity index (χ0v) is 11.9. The average molecular weight is 302 g/mol. The Balaban J connectivity index is 1.84. The molecule has 0 radical (unpaired) electrons. The summed E-state index contributed by atoms with van der Waals surface area (Å²) in [5.41, 5.74) is 7.00. The molecule has 108 valence electrons. The molecule has 2 heterocycles. The second kappa shape index (κ2) is 5.53. The maximum absolute atomic E-state index is 12.5. The first kappa shape index (κ1) is 13.6. The highest BCUT2D eigenvalue weighted by Gasteiger charge is 2.28. The maximum atomic E-state index is 12.5. The van der Waals surface area contributed by atoms with Crippen molar-refractivity contribution < 1.29 is 9.53 Å². The Morgan fingerprint density at radius 3 is 3.10 bits per heavy atom. The first-order chi connectivity index (χ1) is 10.2. The molecule has 2 aromatic rings. The Labute approximate surface area is 126 Å². The molecule has 0 spiro atoms. The van der Waals surface area contributed by atoms with Crippen LogP contribution >= 0.6 is 12.2 Å². The van der Waals surface area contributed by atoms with Gasteiger partial charge in [0.25, 0.3) is 0 Å². The fourth-order valence-corrected chi connectivity index (χ4v) is 2.55. The minimum Gasteiger partial charge on any atom is -0.493 e. The number of thiocarbonyl (C=S) groups is 1. The summed E-state index contributed by atoms with van der Waals surface area (Å²) in [6.07, 6.45) is 2.12. The number of carbonyl (C=O) groups excluding carboxylic acids is 1. The average Bonchev–Trinajstić information content (AvgIpc) is 2.95. The van der Waals surface area contributed by atoms with Gasteiger partial charge in [-0.25, -0.2) is 0 Å². The van der Waals surface area contributed by atoms with Crippen LogP contribution < -0.4 is 15.8 Å². The Morgan fingerprint density at radius 2 is 2.29 bits per heavy atom. The van der Waals surface area contributed by atoms with Crippen molar-refractivity contribution >= 4 is 28.9 Å². The summed E-state index contributed by atoms with van der Waals surface area (Å²) in [4.78, 5) is 12.7. The number of amides is 1. The summed E-state index contributed by atoms with van der Waals surface area (Å²) >= 11 is 4.92. The van der Waals surface area contributed by atoms with E-state index in [0.29, 0.717) is 24.4 Å². The Hall–Kier alpha value is -2.41. The fraction of sp³-hybridized carbons (Fsp3) is 0.214. The van der Waals surface area contributed by atoms with E-state index in [0.717, 1.165) is 11.3 Å². The second-order valence-corrected chi connectivity index (χ2v) is 5.18. The highest BCUT2D eigenvalue weighted by molar-refractivity contribution is 7.80. The molecule has 21 heavy (non-hydrogen) atoms. The van der Waals surface area contributed by atoms with Crippen LogP contribution in [0.2, 0.25) is 0 Å². The van der Waals surface area contributed by atoms with Gasteiger partial charge in [-0.1, -0.05) is 30.4 Å². The molecule has 1 aromatic heterocycles. The number of H-pyrrole nitrogens is 1. The lowest BCUT2D eigenvalue weighted by atomic mass is 9.92. The Morgan fingerprint density at radius 1 is 1.48 bits per heavy atom. The van der Waals surface area contributed by atoms with Crippen LogP contribution in [0, 0.1) is 0 Å². The molecule has 0 fully saturated rings. The maximum Gasteiger partial charge on any atom is 0.233 e. The van der Waals surface area contributed by atoms with Gasteiger partial charge in [-0.05, 0) is 12.5 Å². The number of hydrogen-bond acceptors (Lipinski definition) is 4. The number of carbonyl (C=O) groups is 1. The molecule has 1 aliphatic rings. The molecule has 1 aromatic carbocycles. The standard InChI is InChI=1S/C14H14N4O2S/c15-12(21)10-7-16-18-13(10)17-14(19)9-5-6-20-11-4-2-1-3-8(9)11/h1-4,7,9H,5-6H2,(H2,15,21)(H2,16,17,18,19). The van der Waals surface area contributed by atoms with Crippen molar-refractivity contribution in [2.24, 2.45) is 5.73 Å². The minimum atomic E-state index is -0.266. The zero-order chi connectivity index (χ0) is 14.8. The van der Waals surface area contributed by atoms with Crippen LogP contribution in [0.1, 0.15) is 23.5 Å². The predicted molar refractivity (Wildman–Crippen MR) is 82.4 cm³/mol. The highest BCUT2D eigenvalue weighted by Crippen LogP contribution is 2.34. The van der Waals surface area contributed by atoms with Crippen LogP contribution in [0.3, 0.4) is 0 Å². The number of hydrogen-bond donors (Lipinski definition) is 3. The summed E-state index contributed by atoms with van der Waals surface area (Å²) in [6, 6.07) is 7.55. The lowest BCUT2D eigenvalue weighted by molar-refractivity contribution is -0.118. The lowest BCUT2D eigenvalue weighted by Gasteiger charge is -2.24. The van der Waals surface area contributed by atoms with E-state index in [4.69, 9.17) is 22.7 Å². The first-order valence-corrected chi connectivity index (χ1v) is 6.93. The normalized spacial score (nSPS) is 16.7. The van der Waals surface area contributed by atoms with Gasteiger partial charge < -0.3 is 15.8 Å². The van der Waals surface area contributed by atoms with E-state index in [1.54, 1.807) is 0 Å². The van der Waals surface area contributed by atoms with Crippen LogP contribution in [0.5, 0.6) is 5.75 Å². The number of nitrogens with zero attached hydrogens (tertiary/aromatic N) is 1. The van der Waals surface area contributed by atoms with Crippen LogP contribution in [0.25, 0.3) is 0 Å². The van der Waals surface area contributed by atoms with E-state index in [-0.39, 0.29) is 16.8 Å². The number of para-hydroxylation sites is 1. The van der Waals surface area contributed by atoms with Gasteiger partial charge in [0.15, 0.2) is 0 Å². The van der Waals surface area contributed by atoms with Crippen molar-refractivity contribution in [2.45, 2.75) is 12.3 Å². The lowest BCUT2D eigenvalue weighted by Crippen LogP contribution is -2.27. The molecular weight excluding hydrogens is 288 g/mol. The molecule has 3 rings (SSSR count). The number of anilines is 1. The third-order valence-electron chi connectivity index (χ3n) is 3.43. The first-order valence-electron chi connectivity index (χ1n) is 6.52. The number of nitrogens with one attached hydrogen (secondary N) is 2. The topological polar surface area (TPSA) is 93.0 Å². The number of nitrogens with two attached hydrogens (primary N) is 1. The van der Waals surface area contributed by atoms with E-state index in [9.17, 15) is 4.79 Å². The van der Waals surface area contributed by atoms with Gasteiger partial charge in [0.2, 0.25) is 5.91 Å². The molecular formula is C14H14N4O2S. The molecule has 7 heteroatoms. The summed E-state index contributed by atoms with van der Waals surface area (Å²) in [7, 11) is 0. The smallest absolute Gasteiger partial charge is 0.233 e. The molecule has 1 unspecified atom stereocenters. The number of fused-ring (bicyclic) bond motifs is 1. The van der Waals surface area contributed by atoms with Gasteiger partial charge in [0, 0.05) is 5.56 Å². The summed E-state index contributed by atoms with van der Waals surface area (Å²) in [6.45, 7) is 0.514. The van der Waals surface area contributed by atoms with Crippen molar-refractivity contribution in [3.05, 3.63) is 41.6 Å². The van der Waals surface area contributed by atoms with Crippen LogP contribution in [0.4, 0.5) is 5.82 Å². The molecule has 4 N–H and O–H groups in total. The van der Waals surface area contributed by atoms with Crippen LogP contribution in [-0.2, 0) is 4.79 Å². The third kappa shape index (κ3) is 2.59. The Kier molecular flexibility index (Phi) is 3.57. The SMILES string of the molecule is NC(=S)c1cn[nH]c1NC(=O)C1CCOc2ccccc21. The molecule has 1 aliphatic heterocycles. The van der Waals surface area contributed by atoms with E-state index in [1.165, 1.54) is 6.20 Å². The van der Waals surface area contributed by atoms with E-state index in [2.05, 4.69) is 15.5 Å². The van der Waals surface area contributed by atoms with Gasteiger partial charge in [-0.2, -0.15) is 5.10 Å². The second-order valence-electron chi connectivity index (χ2n) is 4.74. The number of rotatable bonds is 3. The molecule has 0 aliphatic carbocycles. The van der Waals surface area contributed by atoms with Gasteiger partial charge in [-0.15, -0.1) is 0 Å². The van der Waals surface area contributed by atoms with Crippen molar-refractivity contribution in [1.82, 2.24) is 10.2 Å². The van der Waals surface area contributed by atoms with Crippen LogP contribution in [-0.4, -0.2) is 27.7 Å². The predicted octanol–water partition coefficient (Wildman–Crippen LogP) is 1.55. The Bertz CT molecular complexity index is 698. The van der Waals surface area contributed by atoms with Crippen molar-refractivity contribution in [1.29, 1.82) is 0 Å². The van der Waals surface area contributed by atoms with E-state index in [1.807, 2.05) is 24.3 Å². The van der Waals surface area contributed by atoms with Crippen molar-refractivity contribution in [3.8, 4) is 5.75 Å². The fourth-order valence-electron chi connectivity index (χ4n) is 2.39. The van der Waals surface area contributed by atoms with Gasteiger partial charge in [-0.3, -0.25) is 9.89 Å². The van der Waals surface area contributed by atoms with Crippen molar-refractivity contribution in [3.63, 3.8) is 0 Å². The monoisotopic (exact) mass is 302 g/mol. The van der Waals surface area contributed by atoms with Crippen molar-refractivity contribution in [2.75, 3.05) is 11.9 Å². The quantitative estimate of drug-likeness (QED) is 0.748. The molecule has 1 atom stereocenters. The van der Waals surface area contributed by atoms with Gasteiger partial charge in [0.1, 0.15) is 16.6 Å². The number of aromatic amines is 1. The largest absolute Gasteiger partial charge is 0.493 e. The third-order valence-corrected chi connectivity index (χ3v) is 3.65. The summed E-state index contributed by atoms with van der Waals surface area (Å²) < 4.78 is 5.56. The minimum absolute atomic E-state index is 0.132. The number of benzene rings is 1. The van der Waals surface area contributed by atoms with Crippen LogP contribution in [0.15, 0.2) is 30.5 Å². The zero-order valence-electron chi connectivity index (χ0n) is 11.1. The number of aromatic nitrogens is 2. The molecule has 0 bridgehead atoms. The number of ether oxygens (including phenoxy) is 1. The summed E-state index contributed by atoms with van der Waals surface area (Å²) in [5, 5.41) is 9.36. The highest BCUT2D eigenvalue weighted by atomic mass is 32.1. The van der Waals surface area contributed by atoms with E-state index >= 15 is 0 Å². The molecule has 1 amide bonds. The van der Waals surface area contributed by atoms with E-state index < -0.39 is 0 Å². The summed E-state index contributed by atoms with van der Waals surface area (Å²) in [5.74, 6) is 0.782. The van der Waals surface area contributed by atoms with Gasteiger partial charge in [0.05, 0.1) is 24.3 Å². The molecule has 0 saturated heterocycles.